The standard InChI is InChI=1S/C63H48N3.Ir/c1-44-34-36-64-62(38-44)55-23-19-47(20-24-55)14-16-49-39-48(15-13-46-17-21-54(22-18-46)61-33-12-45(2)43-66-61)40-58(41-49)60-11-7-6-10-59(60)53-29-31-56(32-30-53)63-42-57(35-37-65-63)52-27-25-51(26-28-52)50-8-4-3-5-9-50;/h3-12,17-21,23,25-31,33-43H,13-16H2,1-2H3;/q-3;+3/i1D3,2D3;. The van der Waals surface area contributed by atoms with Gasteiger partial charge in [0.15, 0.2) is 0 Å². The molecule has 4 heteroatoms. The number of nitrogens with zero attached hydrogens (tertiary/aromatic N) is 3. The Morgan fingerprint density at radius 2 is 0.910 bits per heavy atom. The van der Waals surface area contributed by atoms with Crippen molar-refractivity contribution in [3.05, 3.63) is 258 Å². The minimum atomic E-state index is -2.21. The summed E-state index contributed by atoms with van der Waals surface area (Å²) in [6.45, 7) is -4.41. The molecule has 0 aliphatic carbocycles. The van der Waals surface area contributed by atoms with Crippen LogP contribution in [0.4, 0.5) is 0 Å². The first-order valence-electron chi connectivity index (χ1n) is 25.2. The largest absolute Gasteiger partial charge is 3.00 e. The second-order valence-corrected chi connectivity index (χ2v) is 16.5. The third-order valence-corrected chi connectivity index (χ3v) is 12.0. The molecular formula is C63H48IrN3. The van der Waals surface area contributed by atoms with Crippen LogP contribution < -0.4 is 0 Å². The van der Waals surface area contributed by atoms with E-state index in [0.29, 0.717) is 11.4 Å². The topological polar surface area (TPSA) is 38.7 Å². The van der Waals surface area contributed by atoms with Crippen LogP contribution in [0.15, 0.2) is 207 Å². The Labute approximate surface area is 417 Å². The molecule has 7 aromatic carbocycles. The molecule has 0 saturated heterocycles. The third kappa shape index (κ3) is 10.9. The van der Waals surface area contributed by atoms with E-state index in [1.54, 1.807) is 18.2 Å². The fourth-order valence-electron chi connectivity index (χ4n) is 8.44. The molecule has 0 spiro atoms. The van der Waals surface area contributed by atoms with E-state index < -0.39 is 13.7 Å². The van der Waals surface area contributed by atoms with Gasteiger partial charge in [0.2, 0.25) is 0 Å². The van der Waals surface area contributed by atoms with Gasteiger partial charge in [0.05, 0.1) is 0 Å². The van der Waals surface area contributed by atoms with Crippen LogP contribution in [0.5, 0.6) is 0 Å². The fraction of sp³-hybridized carbons (Fsp3) is 0.0952. The van der Waals surface area contributed by atoms with Gasteiger partial charge in [-0.15, -0.1) is 101 Å². The predicted octanol–water partition coefficient (Wildman–Crippen LogP) is 15.1. The molecule has 0 N–H and O–H groups in total. The molecule has 3 aromatic heterocycles. The Morgan fingerprint density at radius 1 is 0.373 bits per heavy atom. The Morgan fingerprint density at radius 3 is 1.51 bits per heavy atom. The van der Waals surface area contributed by atoms with Crippen LogP contribution in [0.1, 0.15) is 41.6 Å². The van der Waals surface area contributed by atoms with Gasteiger partial charge in [-0.25, -0.2) is 0 Å². The maximum atomic E-state index is 7.83. The summed E-state index contributed by atoms with van der Waals surface area (Å²) in [4.78, 5) is 13.6. The van der Waals surface area contributed by atoms with Crippen LogP contribution in [0.2, 0.25) is 0 Å². The van der Waals surface area contributed by atoms with Crippen LogP contribution in [0, 0.1) is 31.9 Å². The van der Waals surface area contributed by atoms with Crippen LogP contribution >= 0.6 is 0 Å². The van der Waals surface area contributed by atoms with E-state index >= 15 is 0 Å². The van der Waals surface area contributed by atoms with Crippen molar-refractivity contribution in [2.24, 2.45) is 0 Å². The second-order valence-electron chi connectivity index (χ2n) is 16.5. The zero-order valence-electron chi connectivity index (χ0n) is 42.6. The van der Waals surface area contributed by atoms with E-state index in [-0.39, 0.29) is 31.2 Å². The van der Waals surface area contributed by atoms with Crippen LogP contribution in [0.25, 0.3) is 78.3 Å². The van der Waals surface area contributed by atoms with E-state index in [9.17, 15) is 0 Å². The van der Waals surface area contributed by atoms with Gasteiger partial charge in [-0.1, -0.05) is 151 Å². The van der Waals surface area contributed by atoms with E-state index in [1.807, 2.05) is 42.6 Å². The molecule has 3 heterocycles. The first-order chi connectivity index (χ1) is 34.9. The molecular weight excluding hydrogens is 991 g/mol. The van der Waals surface area contributed by atoms with Crippen LogP contribution in [-0.4, -0.2) is 15.0 Å². The number of aryl methyl sites for hydroxylation is 6. The van der Waals surface area contributed by atoms with Gasteiger partial charge in [0, 0.05) is 26.8 Å². The summed E-state index contributed by atoms with van der Waals surface area (Å²) in [5.41, 5.74) is 18.8. The molecule has 67 heavy (non-hydrogen) atoms. The predicted molar refractivity (Wildman–Crippen MR) is 272 cm³/mol. The first kappa shape index (κ1) is 37.8. The minimum Gasteiger partial charge on any atom is -0.305 e. The molecule has 3 nitrogen and oxygen atoms in total. The van der Waals surface area contributed by atoms with Crippen LogP contribution in [-0.2, 0) is 45.8 Å². The van der Waals surface area contributed by atoms with Gasteiger partial charge < -0.3 is 15.0 Å². The van der Waals surface area contributed by atoms with Crippen molar-refractivity contribution in [1.82, 2.24) is 15.0 Å². The Bertz CT molecular complexity index is 3450. The van der Waals surface area contributed by atoms with Crippen molar-refractivity contribution in [3.8, 4) is 78.3 Å². The zero-order chi connectivity index (χ0) is 49.7. The van der Waals surface area contributed by atoms with E-state index in [2.05, 4.69) is 156 Å². The molecule has 0 fully saturated rings. The summed E-state index contributed by atoms with van der Waals surface area (Å²) < 4.78 is 46.5. The smallest absolute Gasteiger partial charge is 0.305 e. The molecule has 0 aliphatic rings. The maximum absolute atomic E-state index is 7.83. The minimum absolute atomic E-state index is 0. The Hall–Kier alpha value is -7.36. The van der Waals surface area contributed by atoms with Gasteiger partial charge >= 0.3 is 20.1 Å². The summed E-state index contributed by atoms with van der Waals surface area (Å²) in [6, 6.07) is 73.9. The molecule has 0 unspecified atom stereocenters. The average Bonchev–Trinajstić information content (AvgIpc) is 3.42. The van der Waals surface area contributed by atoms with Crippen LogP contribution in [0.3, 0.4) is 0 Å². The summed E-state index contributed by atoms with van der Waals surface area (Å²) in [6.07, 6.45) is 8.00. The molecule has 0 amide bonds. The van der Waals surface area contributed by atoms with E-state index in [1.165, 1.54) is 40.7 Å². The average molecular weight is 1050 g/mol. The maximum Gasteiger partial charge on any atom is 3.00 e. The van der Waals surface area contributed by atoms with Crippen molar-refractivity contribution in [3.63, 3.8) is 0 Å². The molecule has 10 rings (SSSR count). The SMILES string of the molecule is [2H]C([2H])([2H])c1ccc(-c2[c-]cc(CCc3cc(CCc4c[c-]c(-c5cc(C([2H])([2H])[2H])ccn5)cc4)cc(-c4ccccc4-c4c[c-]c(-c5cc(-c6ccc(-c7ccccc7)cc6)ccn5)cc4)c3)cc2)nc1.[Ir+3]. The van der Waals surface area contributed by atoms with Gasteiger partial charge in [-0.3, -0.25) is 0 Å². The number of hydrogen-bond donors (Lipinski definition) is 0. The second kappa shape index (κ2) is 20.9. The number of benzene rings is 7. The fourth-order valence-corrected chi connectivity index (χ4v) is 8.44. The first-order valence-corrected chi connectivity index (χ1v) is 22.2. The normalized spacial score (nSPS) is 12.7. The molecule has 0 aliphatic heterocycles. The number of pyridine rings is 3. The molecule has 10 aromatic rings. The van der Waals surface area contributed by atoms with Gasteiger partial charge in [-0.2, -0.15) is 0 Å². The quantitative estimate of drug-likeness (QED) is 0.108. The van der Waals surface area contributed by atoms with Crippen molar-refractivity contribution >= 4 is 0 Å². The summed E-state index contributed by atoms with van der Waals surface area (Å²) in [7, 11) is 0. The van der Waals surface area contributed by atoms with Crippen molar-refractivity contribution in [1.29, 1.82) is 0 Å². The van der Waals surface area contributed by atoms with Crippen molar-refractivity contribution < 1.29 is 28.3 Å². The van der Waals surface area contributed by atoms with E-state index in [0.717, 1.165) is 92.6 Å². The number of rotatable bonds is 13. The van der Waals surface area contributed by atoms with Gasteiger partial charge in [0.1, 0.15) is 0 Å². The summed E-state index contributed by atoms with van der Waals surface area (Å²) >= 11 is 0. The van der Waals surface area contributed by atoms with E-state index in [4.69, 9.17) is 13.2 Å². The molecule has 0 bridgehead atoms. The molecule has 0 saturated carbocycles. The zero-order valence-corrected chi connectivity index (χ0v) is 39.0. The summed E-state index contributed by atoms with van der Waals surface area (Å²) in [5.74, 6) is 0. The van der Waals surface area contributed by atoms with Crippen molar-refractivity contribution in [2.45, 2.75) is 39.4 Å². The van der Waals surface area contributed by atoms with Gasteiger partial charge in [-0.05, 0) is 106 Å². The third-order valence-electron chi connectivity index (χ3n) is 12.0. The van der Waals surface area contributed by atoms with Gasteiger partial charge in [0.25, 0.3) is 0 Å². The molecule has 324 valence electrons. The number of aromatic nitrogens is 3. The molecule has 0 atom stereocenters. The monoisotopic (exact) mass is 1050 g/mol. The summed E-state index contributed by atoms with van der Waals surface area (Å²) in [5, 5.41) is 0. The Balaban J connectivity index is 0.00000656. The number of hydrogen-bond acceptors (Lipinski definition) is 3. The van der Waals surface area contributed by atoms with Crippen molar-refractivity contribution in [2.75, 3.05) is 0 Å². The molecule has 0 radical (unpaired) electrons. The Kier molecular flexibility index (Phi) is 11.8.